The molecule has 0 saturated carbocycles. The Hall–Kier alpha value is -1.57. The lowest BCUT2D eigenvalue weighted by atomic mass is 10.0. The molecule has 4 nitrogen and oxygen atoms in total. The van der Waals surface area contributed by atoms with Gasteiger partial charge in [0.05, 0.1) is 29.0 Å². The average Bonchev–Trinajstić information content (AvgIpc) is 2.62. The van der Waals surface area contributed by atoms with Crippen LogP contribution in [-0.2, 0) is 27.2 Å². The monoisotopic (exact) mass is 335 g/mol. The Bertz CT molecular complexity index is 668. The molecule has 1 saturated heterocycles. The number of sulfone groups is 1. The molecule has 1 unspecified atom stereocenters. The first-order chi connectivity index (χ1) is 9.99. The normalized spacial score (nSPS) is 24.2. The first-order valence-corrected chi connectivity index (χ1v) is 8.49. The largest absolute Gasteiger partial charge is 0.416 e. The molecule has 1 amide bonds. The molecule has 8 heteroatoms. The van der Waals surface area contributed by atoms with E-state index in [2.05, 4.69) is 5.32 Å². The van der Waals surface area contributed by atoms with Crippen LogP contribution in [0.25, 0.3) is 0 Å². The number of hydrogen-bond donors (Lipinski definition) is 1. The van der Waals surface area contributed by atoms with Gasteiger partial charge in [0.2, 0.25) is 5.91 Å². The highest BCUT2D eigenvalue weighted by atomic mass is 32.2. The Labute approximate surface area is 126 Å². The van der Waals surface area contributed by atoms with Gasteiger partial charge in [0.25, 0.3) is 0 Å². The van der Waals surface area contributed by atoms with E-state index < -0.39 is 33.0 Å². The summed E-state index contributed by atoms with van der Waals surface area (Å²) in [5.74, 6) is -0.484. The number of rotatable bonds is 3. The third-order valence-electron chi connectivity index (χ3n) is 3.59. The van der Waals surface area contributed by atoms with Gasteiger partial charge in [-0.1, -0.05) is 12.1 Å². The van der Waals surface area contributed by atoms with Crippen LogP contribution in [0, 0.1) is 0 Å². The van der Waals surface area contributed by atoms with Crippen molar-refractivity contribution >= 4 is 15.7 Å². The maximum atomic E-state index is 12.4. The van der Waals surface area contributed by atoms with Gasteiger partial charge in [0, 0.05) is 0 Å². The second-order valence-electron chi connectivity index (χ2n) is 5.82. The molecule has 122 valence electrons. The van der Waals surface area contributed by atoms with Crippen LogP contribution in [0.2, 0.25) is 0 Å². The minimum Gasteiger partial charge on any atom is -0.350 e. The number of carbonyl (C=O) groups excluding carboxylic acids is 1. The minimum atomic E-state index is -4.41. The van der Waals surface area contributed by atoms with Gasteiger partial charge in [-0.05, 0) is 31.0 Å². The molecule has 2 rings (SSSR count). The van der Waals surface area contributed by atoms with Gasteiger partial charge in [0.15, 0.2) is 9.84 Å². The molecule has 1 aliphatic rings. The summed E-state index contributed by atoms with van der Waals surface area (Å²) in [6.07, 6.45) is -4.16. The molecule has 0 radical (unpaired) electrons. The van der Waals surface area contributed by atoms with Crippen LogP contribution < -0.4 is 5.32 Å². The second-order valence-corrected chi connectivity index (χ2v) is 8.01. The van der Waals surface area contributed by atoms with Crippen LogP contribution in [0.4, 0.5) is 13.2 Å². The van der Waals surface area contributed by atoms with Gasteiger partial charge in [-0.2, -0.15) is 13.2 Å². The molecule has 0 bridgehead atoms. The summed E-state index contributed by atoms with van der Waals surface area (Å²) in [4.78, 5) is 11.9. The van der Waals surface area contributed by atoms with Crippen LogP contribution in [-0.4, -0.2) is 31.4 Å². The summed E-state index contributed by atoms with van der Waals surface area (Å²) in [7, 11) is -3.13. The van der Waals surface area contributed by atoms with E-state index in [0.29, 0.717) is 12.0 Å². The van der Waals surface area contributed by atoms with Crippen molar-refractivity contribution in [3.8, 4) is 0 Å². The molecular weight excluding hydrogens is 319 g/mol. The third-order valence-corrected chi connectivity index (χ3v) is 5.49. The maximum Gasteiger partial charge on any atom is 0.416 e. The van der Waals surface area contributed by atoms with Crippen LogP contribution in [0.3, 0.4) is 0 Å². The molecule has 1 aromatic rings. The highest BCUT2D eigenvalue weighted by molar-refractivity contribution is 7.91. The summed E-state index contributed by atoms with van der Waals surface area (Å²) in [5.41, 5.74) is -1.14. The first-order valence-electron chi connectivity index (χ1n) is 6.67. The van der Waals surface area contributed by atoms with E-state index in [4.69, 9.17) is 0 Å². The van der Waals surface area contributed by atoms with E-state index in [-0.39, 0.29) is 17.9 Å². The molecule has 22 heavy (non-hydrogen) atoms. The fourth-order valence-corrected chi connectivity index (χ4v) is 4.58. The lowest BCUT2D eigenvalue weighted by Gasteiger charge is -2.23. The zero-order chi connectivity index (χ0) is 16.6. The van der Waals surface area contributed by atoms with E-state index >= 15 is 0 Å². The summed E-state index contributed by atoms with van der Waals surface area (Å²) in [5, 5.41) is 2.66. The van der Waals surface area contributed by atoms with Crippen LogP contribution in [0.1, 0.15) is 24.5 Å². The second kappa shape index (κ2) is 5.57. The molecule has 1 fully saturated rings. The Morgan fingerprint density at radius 3 is 2.32 bits per heavy atom. The molecule has 1 atom stereocenters. The number of halogens is 3. The van der Waals surface area contributed by atoms with E-state index in [0.717, 1.165) is 12.1 Å². The molecule has 1 heterocycles. The summed E-state index contributed by atoms with van der Waals surface area (Å²) in [6, 6.07) is 4.33. The lowest BCUT2D eigenvalue weighted by molar-refractivity contribution is -0.137. The van der Waals surface area contributed by atoms with E-state index in [1.807, 2.05) is 0 Å². The molecular formula is C14H16F3NO3S. The van der Waals surface area contributed by atoms with Crippen molar-refractivity contribution in [2.24, 2.45) is 0 Å². The number of benzene rings is 1. The standard InChI is InChI=1S/C14H16F3NO3S/c1-13(6-7-22(20,21)9-13)18-12(19)8-10-2-4-11(5-3-10)14(15,16)17/h2-5H,6-9H2,1H3,(H,18,19). The predicted molar refractivity (Wildman–Crippen MR) is 75.0 cm³/mol. The summed E-state index contributed by atoms with van der Waals surface area (Å²) < 4.78 is 60.2. The fourth-order valence-electron chi connectivity index (χ4n) is 2.49. The Morgan fingerprint density at radius 1 is 1.27 bits per heavy atom. The summed E-state index contributed by atoms with van der Waals surface area (Å²) >= 11 is 0. The SMILES string of the molecule is CC1(NC(=O)Cc2ccc(C(F)(F)F)cc2)CCS(=O)(=O)C1. The molecule has 1 aromatic carbocycles. The molecule has 0 aromatic heterocycles. The third kappa shape index (κ3) is 4.22. The Kier molecular flexibility index (Phi) is 4.25. The van der Waals surface area contributed by atoms with E-state index in [1.54, 1.807) is 6.92 Å². The fraction of sp³-hybridized carbons (Fsp3) is 0.500. The van der Waals surface area contributed by atoms with Gasteiger partial charge in [0.1, 0.15) is 0 Å². The van der Waals surface area contributed by atoms with Crippen LogP contribution >= 0.6 is 0 Å². The average molecular weight is 335 g/mol. The van der Waals surface area contributed by atoms with Crippen molar-refractivity contribution in [1.29, 1.82) is 0 Å². The zero-order valence-electron chi connectivity index (χ0n) is 11.9. The van der Waals surface area contributed by atoms with E-state index in [9.17, 15) is 26.4 Å². The lowest BCUT2D eigenvalue weighted by Crippen LogP contribution is -2.47. The van der Waals surface area contributed by atoms with Crippen molar-refractivity contribution in [2.75, 3.05) is 11.5 Å². The van der Waals surface area contributed by atoms with Crippen LogP contribution in [0.15, 0.2) is 24.3 Å². The van der Waals surface area contributed by atoms with Crippen molar-refractivity contribution in [3.05, 3.63) is 35.4 Å². The summed E-state index contributed by atoms with van der Waals surface area (Å²) in [6.45, 7) is 1.65. The Morgan fingerprint density at radius 2 is 1.86 bits per heavy atom. The Balaban J connectivity index is 1.98. The molecule has 1 aliphatic heterocycles. The van der Waals surface area contributed by atoms with Gasteiger partial charge < -0.3 is 5.32 Å². The number of amides is 1. The highest BCUT2D eigenvalue weighted by Gasteiger charge is 2.39. The number of carbonyl (C=O) groups is 1. The number of nitrogens with one attached hydrogen (secondary N) is 1. The van der Waals surface area contributed by atoms with Crippen molar-refractivity contribution in [3.63, 3.8) is 0 Å². The molecule has 0 spiro atoms. The topological polar surface area (TPSA) is 63.2 Å². The smallest absolute Gasteiger partial charge is 0.350 e. The highest BCUT2D eigenvalue weighted by Crippen LogP contribution is 2.29. The quantitative estimate of drug-likeness (QED) is 0.918. The van der Waals surface area contributed by atoms with Gasteiger partial charge in [-0.3, -0.25) is 4.79 Å². The number of hydrogen-bond acceptors (Lipinski definition) is 3. The zero-order valence-corrected chi connectivity index (χ0v) is 12.7. The van der Waals surface area contributed by atoms with E-state index in [1.165, 1.54) is 12.1 Å². The molecule has 1 N–H and O–H groups in total. The molecule has 0 aliphatic carbocycles. The van der Waals surface area contributed by atoms with Crippen molar-refractivity contribution < 1.29 is 26.4 Å². The minimum absolute atomic E-state index is 0.0318. The number of alkyl halides is 3. The van der Waals surface area contributed by atoms with Crippen LogP contribution in [0.5, 0.6) is 0 Å². The van der Waals surface area contributed by atoms with Crippen molar-refractivity contribution in [1.82, 2.24) is 5.32 Å². The van der Waals surface area contributed by atoms with Crippen molar-refractivity contribution in [2.45, 2.75) is 31.5 Å². The van der Waals surface area contributed by atoms with Gasteiger partial charge in [-0.15, -0.1) is 0 Å². The maximum absolute atomic E-state index is 12.4. The first kappa shape index (κ1) is 16.8. The van der Waals surface area contributed by atoms with Gasteiger partial charge >= 0.3 is 6.18 Å². The van der Waals surface area contributed by atoms with Gasteiger partial charge in [-0.25, -0.2) is 8.42 Å². The predicted octanol–water partition coefficient (Wildman–Crippen LogP) is 1.94.